The first kappa shape index (κ1) is 25.9. The highest BCUT2D eigenvalue weighted by Crippen LogP contribution is 2.34. The number of hydrogen-bond donors (Lipinski definition) is 0. The van der Waals surface area contributed by atoms with Crippen LogP contribution in [0, 0.1) is 6.92 Å². The normalized spacial score (nSPS) is 15.4. The molecule has 0 bridgehead atoms. The van der Waals surface area contributed by atoms with E-state index in [1.807, 2.05) is 31.2 Å². The Labute approximate surface area is 222 Å². The van der Waals surface area contributed by atoms with E-state index in [0.717, 1.165) is 11.1 Å². The number of ether oxygens (including phenoxy) is 2. The van der Waals surface area contributed by atoms with Crippen molar-refractivity contribution in [3.05, 3.63) is 107 Å². The Morgan fingerprint density at radius 2 is 1.94 bits per heavy atom. The number of aryl methyl sites for hydroxylation is 1. The number of hydrogen-bond acceptors (Lipinski definition) is 6. The Kier molecular flexibility index (Phi) is 7.83. The lowest BCUT2D eigenvalue weighted by Gasteiger charge is -2.24. The zero-order chi connectivity index (χ0) is 26.0. The largest absolute Gasteiger partial charge is 0.487 e. The van der Waals surface area contributed by atoms with E-state index in [0.29, 0.717) is 42.0 Å². The molecule has 2 aromatic carbocycles. The van der Waals surface area contributed by atoms with Gasteiger partial charge in [0.1, 0.15) is 12.4 Å². The Morgan fingerprint density at radius 1 is 1.22 bits per heavy atom. The van der Waals surface area contributed by atoms with Crippen molar-refractivity contribution in [1.29, 1.82) is 0 Å². The van der Waals surface area contributed by atoms with Gasteiger partial charge in [-0.15, -0.1) is 0 Å². The van der Waals surface area contributed by atoms with Crippen molar-refractivity contribution >= 4 is 46.6 Å². The fraction of sp³-hybridized carbons (Fsp3) is 0.222. The van der Waals surface area contributed by atoms with Gasteiger partial charge in [0, 0.05) is 10.6 Å². The highest BCUT2D eigenvalue weighted by Gasteiger charge is 2.33. The Hall–Kier alpha value is -3.13. The molecule has 0 saturated carbocycles. The maximum absolute atomic E-state index is 13.8. The second-order valence-corrected chi connectivity index (χ2v) is 9.97. The van der Waals surface area contributed by atoms with Gasteiger partial charge in [-0.25, -0.2) is 9.79 Å². The summed E-state index contributed by atoms with van der Waals surface area (Å²) in [5.41, 5.74) is 2.94. The highest BCUT2D eigenvalue weighted by molar-refractivity contribution is 7.07. The van der Waals surface area contributed by atoms with Crippen molar-refractivity contribution in [2.24, 2.45) is 4.99 Å². The van der Waals surface area contributed by atoms with Crippen LogP contribution in [-0.2, 0) is 9.53 Å². The SMILES string of the molecule is C=CCOc1c(Cl)cc(Cl)cc1/C=c1\sc2n(c1=O)[C@H](c1ccc(C)cc1)C(C(=O)OCC)=C(C)N=2. The number of nitrogens with zero attached hydrogens (tertiary/aromatic N) is 2. The third kappa shape index (κ3) is 5.05. The molecule has 0 saturated heterocycles. The van der Waals surface area contributed by atoms with Crippen LogP contribution in [0.2, 0.25) is 10.0 Å². The van der Waals surface area contributed by atoms with Gasteiger partial charge in [0.15, 0.2) is 4.80 Å². The molecule has 4 rings (SSSR count). The molecular formula is C27H24Cl2N2O4S. The minimum absolute atomic E-state index is 0.212. The van der Waals surface area contributed by atoms with E-state index in [4.69, 9.17) is 32.7 Å². The Balaban J connectivity index is 1.96. The van der Waals surface area contributed by atoms with Crippen LogP contribution in [0.4, 0.5) is 0 Å². The first-order chi connectivity index (χ1) is 17.2. The second-order valence-electron chi connectivity index (χ2n) is 8.12. The van der Waals surface area contributed by atoms with Crippen LogP contribution < -0.4 is 19.6 Å². The lowest BCUT2D eigenvalue weighted by molar-refractivity contribution is -0.139. The molecule has 9 heteroatoms. The highest BCUT2D eigenvalue weighted by atomic mass is 35.5. The number of allylic oxidation sites excluding steroid dienone is 1. The molecule has 0 N–H and O–H groups in total. The minimum Gasteiger partial charge on any atom is -0.487 e. The number of aromatic nitrogens is 1. The topological polar surface area (TPSA) is 69.9 Å². The average Bonchev–Trinajstić information content (AvgIpc) is 3.12. The van der Waals surface area contributed by atoms with Crippen LogP contribution in [0.15, 0.2) is 70.1 Å². The Morgan fingerprint density at radius 3 is 2.61 bits per heavy atom. The third-order valence-corrected chi connectivity index (χ3v) is 7.06. The van der Waals surface area contributed by atoms with Gasteiger partial charge in [0.25, 0.3) is 5.56 Å². The standard InChI is InChI=1S/C27H24Cl2N2O4S/c1-5-11-35-24-18(12-19(28)14-20(24)29)13-21-25(32)31-23(17-9-7-15(3)8-10-17)22(26(33)34-6-2)16(4)30-27(31)36-21/h5,7-10,12-14,23H,1,6,11H2,2-4H3/b21-13-/t23-/m1/s1. The van der Waals surface area contributed by atoms with Crippen LogP contribution in [0.3, 0.4) is 0 Å². The van der Waals surface area contributed by atoms with Crippen molar-refractivity contribution in [3.63, 3.8) is 0 Å². The van der Waals surface area contributed by atoms with Crippen molar-refractivity contribution in [1.82, 2.24) is 4.57 Å². The number of benzene rings is 2. The van der Waals surface area contributed by atoms with Gasteiger partial charge in [-0.05, 0) is 44.5 Å². The van der Waals surface area contributed by atoms with Gasteiger partial charge in [0.05, 0.1) is 33.5 Å². The fourth-order valence-corrected chi connectivity index (χ4v) is 5.58. The number of fused-ring (bicyclic) bond motifs is 1. The van der Waals surface area contributed by atoms with Crippen molar-refractivity contribution in [3.8, 4) is 5.75 Å². The van der Waals surface area contributed by atoms with Crippen LogP contribution in [0.1, 0.15) is 36.6 Å². The van der Waals surface area contributed by atoms with E-state index < -0.39 is 12.0 Å². The molecule has 1 aliphatic heterocycles. The summed E-state index contributed by atoms with van der Waals surface area (Å²) >= 11 is 13.8. The van der Waals surface area contributed by atoms with Gasteiger partial charge in [-0.2, -0.15) is 0 Å². The molecule has 1 aliphatic rings. The van der Waals surface area contributed by atoms with E-state index in [9.17, 15) is 9.59 Å². The summed E-state index contributed by atoms with van der Waals surface area (Å²) in [6, 6.07) is 10.3. The van der Waals surface area contributed by atoms with Gasteiger partial charge < -0.3 is 9.47 Å². The molecule has 0 amide bonds. The lowest BCUT2D eigenvalue weighted by Crippen LogP contribution is -2.39. The molecule has 186 valence electrons. The molecule has 0 radical (unpaired) electrons. The van der Waals surface area contributed by atoms with Gasteiger partial charge in [-0.3, -0.25) is 9.36 Å². The number of esters is 1. The van der Waals surface area contributed by atoms with E-state index in [1.165, 1.54) is 15.9 Å². The zero-order valence-corrected chi connectivity index (χ0v) is 22.3. The average molecular weight is 543 g/mol. The molecule has 1 atom stereocenters. The third-order valence-electron chi connectivity index (χ3n) is 5.58. The van der Waals surface area contributed by atoms with Crippen molar-refractivity contribution in [2.75, 3.05) is 13.2 Å². The number of carbonyl (C=O) groups excluding carboxylic acids is 1. The lowest BCUT2D eigenvalue weighted by atomic mass is 9.95. The maximum Gasteiger partial charge on any atom is 0.338 e. The molecular weight excluding hydrogens is 519 g/mol. The predicted octanol–water partition coefficient (Wildman–Crippen LogP) is 4.98. The van der Waals surface area contributed by atoms with Crippen molar-refractivity contribution in [2.45, 2.75) is 26.8 Å². The summed E-state index contributed by atoms with van der Waals surface area (Å²) in [6.07, 6.45) is 3.28. The summed E-state index contributed by atoms with van der Waals surface area (Å²) in [5, 5.41) is 0.726. The molecule has 36 heavy (non-hydrogen) atoms. The number of rotatable bonds is 7. The van der Waals surface area contributed by atoms with Crippen LogP contribution in [0.5, 0.6) is 5.75 Å². The quantitative estimate of drug-likeness (QED) is 0.312. The predicted molar refractivity (Wildman–Crippen MR) is 144 cm³/mol. The van der Waals surface area contributed by atoms with E-state index >= 15 is 0 Å². The first-order valence-electron chi connectivity index (χ1n) is 11.2. The minimum atomic E-state index is -0.678. The van der Waals surface area contributed by atoms with E-state index in [-0.39, 0.29) is 18.8 Å². The zero-order valence-electron chi connectivity index (χ0n) is 20.0. The molecule has 6 nitrogen and oxygen atoms in total. The smallest absolute Gasteiger partial charge is 0.338 e. The summed E-state index contributed by atoms with van der Waals surface area (Å²) in [5.74, 6) is -0.106. The molecule has 1 aromatic heterocycles. The van der Waals surface area contributed by atoms with E-state index in [1.54, 1.807) is 38.1 Å². The van der Waals surface area contributed by atoms with Gasteiger partial charge in [0.2, 0.25) is 0 Å². The number of carbonyl (C=O) groups is 1. The first-order valence-corrected chi connectivity index (χ1v) is 12.8. The monoisotopic (exact) mass is 542 g/mol. The van der Waals surface area contributed by atoms with E-state index in [2.05, 4.69) is 11.6 Å². The molecule has 0 aliphatic carbocycles. The number of halogens is 2. The molecule has 3 aromatic rings. The molecule has 0 spiro atoms. The van der Waals surface area contributed by atoms with Crippen LogP contribution >= 0.6 is 34.5 Å². The van der Waals surface area contributed by atoms with Gasteiger partial charge in [-0.1, -0.05) is 77.0 Å². The molecule has 2 heterocycles. The van der Waals surface area contributed by atoms with Crippen LogP contribution in [-0.4, -0.2) is 23.8 Å². The van der Waals surface area contributed by atoms with Crippen LogP contribution in [0.25, 0.3) is 6.08 Å². The second kappa shape index (κ2) is 10.9. The summed E-state index contributed by atoms with van der Waals surface area (Å²) in [6.45, 7) is 9.59. The van der Waals surface area contributed by atoms with Crippen molar-refractivity contribution < 1.29 is 14.3 Å². The Bertz CT molecular complexity index is 1550. The summed E-state index contributed by atoms with van der Waals surface area (Å²) in [7, 11) is 0. The summed E-state index contributed by atoms with van der Waals surface area (Å²) < 4.78 is 13.0. The maximum atomic E-state index is 13.8. The molecule has 0 fully saturated rings. The summed E-state index contributed by atoms with van der Waals surface area (Å²) in [4.78, 5) is 31.8. The fourth-order valence-electron chi connectivity index (χ4n) is 3.98. The molecule has 0 unspecified atom stereocenters. The number of thiazole rings is 1. The van der Waals surface area contributed by atoms with Gasteiger partial charge >= 0.3 is 5.97 Å².